The van der Waals surface area contributed by atoms with Gasteiger partial charge < -0.3 is 14.3 Å². The van der Waals surface area contributed by atoms with Gasteiger partial charge >= 0.3 is 22.1 Å². The molecule has 0 spiro atoms. The second kappa shape index (κ2) is 13.5. The van der Waals surface area contributed by atoms with Gasteiger partial charge in [-0.3, -0.25) is 19.3 Å². The van der Waals surface area contributed by atoms with Crippen LogP contribution in [0.15, 0.2) is 30.3 Å². The molecule has 2 aliphatic heterocycles. The van der Waals surface area contributed by atoms with E-state index in [1.165, 1.54) is 0 Å². The van der Waals surface area contributed by atoms with Crippen LogP contribution in [0.1, 0.15) is 64.9 Å². The number of hydroxylamine groups is 4. The van der Waals surface area contributed by atoms with Crippen LogP contribution in [0.3, 0.4) is 0 Å². The van der Waals surface area contributed by atoms with Crippen LogP contribution in [0, 0.1) is 11.8 Å². The van der Waals surface area contributed by atoms with E-state index in [-0.39, 0.29) is 26.0 Å². The first kappa shape index (κ1) is 33.1. The first-order valence-electron chi connectivity index (χ1n) is 14.0. The summed E-state index contributed by atoms with van der Waals surface area (Å²) in [5, 5.41) is 1.39. The number of alkyl halides is 3. The average Bonchev–Trinajstić information content (AvgIpc) is 3.16. The third kappa shape index (κ3) is 8.43. The molecule has 43 heavy (non-hydrogen) atoms. The van der Waals surface area contributed by atoms with E-state index in [1.807, 2.05) is 6.07 Å². The van der Waals surface area contributed by atoms with Gasteiger partial charge in [0.1, 0.15) is 18.2 Å². The van der Waals surface area contributed by atoms with Gasteiger partial charge in [0.15, 0.2) is 0 Å². The van der Waals surface area contributed by atoms with Gasteiger partial charge in [-0.15, -0.1) is 5.06 Å². The molecule has 12 nitrogen and oxygen atoms in total. The summed E-state index contributed by atoms with van der Waals surface area (Å²) in [4.78, 5) is 77.8. The molecular weight excluding hydrogens is 629 g/mol. The quantitative estimate of drug-likeness (QED) is 0.227. The number of carbonyl (C=O) groups excluding carboxylic acids is 5. The number of imide groups is 1. The number of halogens is 3. The number of fused-ring (bicyclic) bond motifs is 1. The second-order valence-electron chi connectivity index (χ2n) is 11.7. The summed E-state index contributed by atoms with van der Waals surface area (Å²) in [7, 11) is 0. The van der Waals surface area contributed by atoms with Crippen LogP contribution in [0.25, 0.3) is 0 Å². The lowest BCUT2D eigenvalue weighted by atomic mass is 9.81. The van der Waals surface area contributed by atoms with E-state index < -0.39 is 63.5 Å². The van der Waals surface area contributed by atoms with Gasteiger partial charge in [-0.25, -0.2) is 14.4 Å². The highest BCUT2D eigenvalue weighted by atomic mass is 35.6. The van der Waals surface area contributed by atoms with E-state index in [0.717, 1.165) is 28.4 Å². The van der Waals surface area contributed by atoms with E-state index >= 15 is 0 Å². The maximum absolute atomic E-state index is 13.4. The largest absolute Gasteiger partial charge is 0.444 e. The van der Waals surface area contributed by atoms with E-state index in [2.05, 4.69) is 0 Å². The van der Waals surface area contributed by atoms with Crippen LogP contribution in [-0.4, -0.2) is 73.2 Å². The van der Waals surface area contributed by atoms with Crippen molar-refractivity contribution in [1.82, 2.24) is 15.0 Å². The number of likely N-dealkylation sites (tertiary alicyclic amines) is 1. The van der Waals surface area contributed by atoms with Crippen molar-refractivity contribution >= 4 is 64.8 Å². The molecule has 0 N–H and O–H groups in total. The Hall–Kier alpha value is -2.80. The number of benzene rings is 1. The van der Waals surface area contributed by atoms with Crippen LogP contribution in [0.2, 0.25) is 0 Å². The zero-order valence-corrected chi connectivity index (χ0v) is 26.3. The third-order valence-corrected chi connectivity index (χ3v) is 7.60. The fourth-order valence-electron chi connectivity index (χ4n) is 5.45. The molecule has 4 amide bonds. The molecule has 3 aliphatic rings. The molecule has 4 atom stereocenters. The average molecular weight is 663 g/mol. The Balaban J connectivity index is 1.55. The number of carbonyl (C=O) groups is 5. The second-order valence-corrected chi connectivity index (χ2v) is 13.8. The molecule has 0 radical (unpaired) electrons. The van der Waals surface area contributed by atoms with Gasteiger partial charge in [0, 0.05) is 6.54 Å². The normalized spacial score (nSPS) is 24.3. The molecule has 1 aromatic rings. The van der Waals surface area contributed by atoms with Crippen molar-refractivity contribution < 1.29 is 43.1 Å². The number of amides is 4. The first-order chi connectivity index (χ1) is 20.1. The molecule has 15 heteroatoms. The van der Waals surface area contributed by atoms with Crippen molar-refractivity contribution in [2.24, 2.45) is 11.8 Å². The predicted molar refractivity (Wildman–Crippen MR) is 153 cm³/mol. The number of hydrogen-bond acceptors (Lipinski definition) is 9. The van der Waals surface area contributed by atoms with Crippen molar-refractivity contribution in [3.8, 4) is 0 Å². The standard InChI is InChI=1S/C28H34Cl3N3O9/c1-27(2,3)41-25(38)32-15-18(33(26(39)42-28(29,30)31)40-16-17-9-5-4-6-10-17)13-14-21(32)24(37)43-34-22(35)19-11-7-8-12-20(19)23(34)36/h4-6,9-10,18-21H,7-8,11-16H2,1-3H3/t18-,19-,20+,21+/m1/s1. The number of piperidine rings is 1. The highest BCUT2D eigenvalue weighted by Gasteiger charge is 2.52. The highest BCUT2D eigenvalue weighted by Crippen LogP contribution is 2.38. The summed E-state index contributed by atoms with van der Waals surface area (Å²) in [5.41, 5.74) is -0.219. The van der Waals surface area contributed by atoms with Crippen LogP contribution in [-0.2, 0) is 40.1 Å². The Morgan fingerprint density at radius 2 is 1.51 bits per heavy atom. The summed E-state index contributed by atoms with van der Waals surface area (Å²) in [6.45, 7) is 4.61. The Labute approximate surface area is 264 Å². The van der Waals surface area contributed by atoms with Crippen LogP contribution < -0.4 is 0 Å². The third-order valence-electron chi connectivity index (χ3n) is 7.37. The van der Waals surface area contributed by atoms with Gasteiger partial charge in [-0.2, -0.15) is 5.06 Å². The van der Waals surface area contributed by atoms with Gasteiger partial charge in [0.25, 0.3) is 11.8 Å². The number of ether oxygens (including phenoxy) is 2. The summed E-state index contributed by atoms with van der Waals surface area (Å²) in [5.74, 6) is -3.15. The molecule has 236 valence electrons. The minimum absolute atomic E-state index is 0.0436. The maximum Gasteiger partial charge on any atom is 0.437 e. The van der Waals surface area contributed by atoms with Gasteiger partial charge in [-0.1, -0.05) is 43.2 Å². The number of hydrogen-bond donors (Lipinski definition) is 0. The monoisotopic (exact) mass is 661 g/mol. The molecule has 3 fully saturated rings. The molecule has 1 aliphatic carbocycles. The summed E-state index contributed by atoms with van der Waals surface area (Å²) >= 11 is 17.1. The number of rotatable bonds is 6. The van der Waals surface area contributed by atoms with E-state index in [0.29, 0.717) is 17.9 Å². The van der Waals surface area contributed by atoms with Gasteiger partial charge in [0.05, 0.1) is 17.9 Å². The predicted octanol–water partition coefficient (Wildman–Crippen LogP) is 5.29. The van der Waals surface area contributed by atoms with Crippen molar-refractivity contribution in [2.45, 2.75) is 87.6 Å². The summed E-state index contributed by atoms with van der Waals surface area (Å²) in [6, 6.07) is 6.82. The molecule has 0 aromatic heterocycles. The topological polar surface area (TPSA) is 132 Å². The summed E-state index contributed by atoms with van der Waals surface area (Å²) < 4.78 is 8.04. The minimum Gasteiger partial charge on any atom is -0.444 e. The zero-order valence-electron chi connectivity index (χ0n) is 24.0. The fraction of sp³-hybridized carbons (Fsp3) is 0.607. The molecular formula is C28H34Cl3N3O9. The van der Waals surface area contributed by atoms with Crippen molar-refractivity contribution in [3.63, 3.8) is 0 Å². The SMILES string of the molecule is CC(C)(C)OC(=O)N1C[C@H](N(OCc2ccccc2)C(=O)OC(Cl)(Cl)Cl)CC[C@H]1C(=O)ON1C(=O)[C@H]2CCCC[C@H]2C1=O. The Bertz CT molecular complexity index is 1200. The van der Waals surface area contributed by atoms with Crippen molar-refractivity contribution in [2.75, 3.05) is 6.54 Å². The Kier molecular flexibility index (Phi) is 10.4. The molecule has 2 saturated heterocycles. The maximum atomic E-state index is 13.4. The lowest BCUT2D eigenvalue weighted by Crippen LogP contribution is -2.59. The molecule has 0 unspecified atom stereocenters. The lowest BCUT2D eigenvalue weighted by molar-refractivity contribution is -0.206. The molecule has 4 rings (SSSR count). The van der Waals surface area contributed by atoms with E-state index in [9.17, 15) is 24.0 Å². The van der Waals surface area contributed by atoms with Crippen LogP contribution >= 0.6 is 34.8 Å². The summed E-state index contributed by atoms with van der Waals surface area (Å²) in [6.07, 6.45) is 0.743. The van der Waals surface area contributed by atoms with Crippen LogP contribution in [0.5, 0.6) is 0 Å². The molecule has 0 bridgehead atoms. The van der Waals surface area contributed by atoms with Crippen molar-refractivity contribution in [3.05, 3.63) is 35.9 Å². The molecule has 1 saturated carbocycles. The Morgan fingerprint density at radius 1 is 0.907 bits per heavy atom. The lowest BCUT2D eigenvalue weighted by Gasteiger charge is -2.41. The van der Waals surface area contributed by atoms with E-state index in [4.69, 9.17) is 54.0 Å². The Morgan fingerprint density at radius 3 is 2.07 bits per heavy atom. The van der Waals surface area contributed by atoms with Crippen molar-refractivity contribution in [1.29, 1.82) is 0 Å². The fourth-order valence-corrected chi connectivity index (χ4v) is 5.65. The van der Waals surface area contributed by atoms with E-state index in [1.54, 1.807) is 45.0 Å². The smallest absolute Gasteiger partial charge is 0.437 e. The molecule has 2 heterocycles. The minimum atomic E-state index is -2.40. The first-order valence-corrected chi connectivity index (χ1v) is 15.1. The zero-order chi connectivity index (χ0) is 31.5. The van der Waals surface area contributed by atoms with Gasteiger partial charge in [0.2, 0.25) is 0 Å². The number of nitrogens with zero attached hydrogens (tertiary/aromatic N) is 3. The van der Waals surface area contributed by atoms with Gasteiger partial charge in [-0.05, 0) is 86.8 Å². The van der Waals surface area contributed by atoms with Crippen LogP contribution in [0.4, 0.5) is 9.59 Å². The highest BCUT2D eigenvalue weighted by molar-refractivity contribution is 6.66. The molecule has 1 aromatic carbocycles.